The fourth-order valence-corrected chi connectivity index (χ4v) is 2.13. The van der Waals surface area contributed by atoms with Crippen LogP contribution >= 0.6 is 0 Å². The first-order chi connectivity index (χ1) is 9.94. The highest BCUT2D eigenvalue weighted by Gasteiger charge is 2.07. The van der Waals surface area contributed by atoms with Gasteiger partial charge in [-0.15, -0.1) is 0 Å². The summed E-state index contributed by atoms with van der Waals surface area (Å²) in [6, 6.07) is 11.3. The van der Waals surface area contributed by atoms with Crippen molar-refractivity contribution in [1.82, 2.24) is 0 Å². The van der Waals surface area contributed by atoms with E-state index in [2.05, 4.69) is 11.4 Å². The second kappa shape index (κ2) is 6.31. The first kappa shape index (κ1) is 14.9. The molecular weight excluding hydrogens is 264 g/mol. The fourth-order valence-electron chi connectivity index (χ4n) is 2.13. The van der Waals surface area contributed by atoms with Gasteiger partial charge in [-0.1, -0.05) is 12.1 Å². The molecule has 0 unspecified atom stereocenters. The Labute approximate surface area is 124 Å². The highest BCUT2D eigenvalue weighted by molar-refractivity contribution is 5.93. The third kappa shape index (κ3) is 4.24. The van der Waals surface area contributed by atoms with Crippen LogP contribution in [0.5, 0.6) is 5.75 Å². The molecule has 0 heterocycles. The molecule has 0 saturated heterocycles. The molecule has 2 aromatic carbocycles. The van der Waals surface area contributed by atoms with Gasteiger partial charge < -0.3 is 15.8 Å². The lowest BCUT2D eigenvalue weighted by Crippen LogP contribution is -2.20. The Morgan fingerprint density at radius 2 is 1.76 bits per heavy atom. The van der Waals surface area contributed by atoms with E-state index < -0.39 is 0 Å². The Hall–Kier alpha value is -2.49. The van der Waals surface area contributed by atoms with Crippen LogP contribution in [0.25, 0.3) is 0 Å². The molecule has 0 aromatic heterocycles. The number of anilines is 2. The van der Waals surface area contributed by atoms with Gasteiger partial charge in [0.2, 0.25) is 0 Å². The Morgan fingerprint density at radius 1 is 1.10 bits per heavy atom. The summed E-state index contributed by atoms with van der Waals surface area (Å²) in [5.74, 6) is 0.495. The van der Waals surface area contributed by atoms with E-state index in [1.165, 1.54) is 0 Å². The molecule has 0 atom stereocenters. The highest BCUT2D eigenvalue weighted by atomic mass is 16.5. The smallest absolute Gasteiger partial charge is 0.262 e. The average molecular weight is 284 g/mol. The minimum Gasteiger partial charge on any atom is -0.484 e. The summed E-state index contributed by atoms with van der Waals surface area (Å²) in [7, 11) is 0. The second-order valence-electron chi connectivity index (χ2n) is 5.23. The Bertz CT molecular complexity index is 646. The van der Waals surface area contributed by atoms with Gasteiger partial charge in [0.25, 0.3) is 5.91 Å². The van der Waals surface area contributed by atoms with E-state index in [0.29, 0.717) is 17.1 Å². The third-order valence-corrected chi connectivity index (χ3v) is 3.10. The SMILES string of the molecule is Cc1cc(C)cc(OCC(=O)Nc2cc(N)ccc2C)c1. The van der Waals surface area contributed by atoms with Crippen LogP contribution in [0.3, 0.4) is 0 Å². The first-order valence-corrected chi connectivity index (χ1v) is 6.81. The normalized spacial score (nSPS) is 10.2. The highest BCUT2D eigenvalue weighted by Crippen LogP contribution is 2.19. The van der Waals surface area contributed by atoms with Crippen LogP contribution in [-0.4, -0.2) is 12.5 Å². The minimum absolute atomic E-state index is 0.0306. The van der Waals surface area contributed by atoms with Gasteiger partial charge in [-0.05, 0) is 61.7 Å². The number of amides is 1. The van der Waals surface area contributed by atoms with Gasteiger partial charge in [-0.25, -0.2) is 0 Å². The van der Waals surface area contributed by atoms with Gasteiger partial charge in [0.15, 0.2) is 6.61 Å². The van der Waals surface area contributed by atoms with Crippen LogP contribution in [-0.2, 0) is 4.79 Å². The predicted molar refractivity (Wildman–Crippen MR) is 85.6 cm³/mol. The van der Waals surface area contributed by atoms with Crippen molar-refractivity contribution in [1.29, 1.82) is 0 Å². The number of carbonyl (C=O) groups is 1. The number of aryl methyl sites for hydroxylation is 3. The minimum atomic E-state index is -0.206. The van der Waals surface area contributed by atoms with E-state index in [9.17, 15) is 4.79 Å². The number of hydrogen-bond donors (Lipinski definition) is 2. The fraction of sp³-hybridized carbons (Fsp3) is 0.235. The average Bonchev–Trinajstić information content (AvgIpc) is 2.40. The van der Waals surface area contributed by atoms with Crippen molar-refractivity contribution >= 4 is 17.3 Å². The quantitative estimate of drug-likeness (QED) is 0.847. The largest absolute Gasteiger partial charge is 0.484 e. The summed E-state index contributed by atoms with van der Waals surface area (Å²) in [6.45, 7) is 5.88. The maximum Gasteiger partial charge on any atom is 0.262 e. The summed E-state index contributed by atoms with van der Waals surface area (Å²) in [5, 5.41) is 2.81. The van der Waals surface area contributed by atoms with Crippen molar-refractivity contribution in [2.75, 3.05) is 17.7 Å². The van der Waals surface area contributed by atoms with E-state index in [0.717, 1.165) is 16.7 Å². The van der Waals surface area contributed by atoms with Crippen LogP contribution in [0.1, 0.15) is 16.7 Å². The lowest BCUT2D eigenvalue weighted by Gasteiger charge is -2.11. The summed E-state index contributed by atoms with van der Waals surface area (Å²) < 4.78 is 5.53. The zero-order valence-corrected chi connectivity index (χ0v) is 12.6. The van der Waals surface area contributed by atoms with E-state index in [1.54, 1.807) is 12.1 Å². The summed E-state index contributed by atoms with van der Waals surface area (Å²) >= 11 is 0. The molecule has 0 saturated carbocycles. The zero-order valence-electron chi connectivity index (χ0n) is 12.6. The Morgan fingerprint density at radius 3 is 2.43 bits per heavy atom. The van der Waals surface area contributed by atoms with Gasteiger partial charge in [0.05, 0.1) is 0 Å². The van der Waals surface area contributed by atoms with Crippen LogP contribution in [0.2, 0.25) is 0 Å². The second-order valence-corrected chi connectivity index (χ2v) is 5.23. The molecule has 0 bridgehead atoms. The van der Waals surface area contributed by atoms with E-state index >= 15 is 0 Å². The van der Waals surface area contributed by atoms with Crippen molar-refractivity contribution in [3.8, 4) is 5.75 Å². The molecule has 0 aliphatic rings. The van der Waals surface area contributed by atoms with Gasteiger partial charge in [0, 0.05) is 11.4 Å². The lowest BCUT2D eigenvalue weighted by atomic mass is 10.1. The Kier molecular flexibility index (Phi) is 4.48. The Balaban J connectivity index is 1.97. The molecule has 110 valence electrons. The van der Waals surface area contributed by atoms with E-state index in [-0.39, 0.29) is 12.5 Å². The number of ether oxygens (including phenoxy) is 1. The summed E-state index contributed by atoms with van der Waals surface area (Å²) in [6.07, 6.45) is 0. The number of nitrogens with one attached hydrogen (secondary N) is 1. The molecule has 2 aromatic rings. The van der Waals surface area contributed by atoms with E-state index in [1.807, 2.05) is 39.0 Å². The number of rotatable bonds is 4. The van der Waals surface area contributed by atoms with Crippen molar-refractivity contribution < 1.29 is 9.53 Å². The molecule has 2 rings (SSSR count). The maximum atomic E-state index is 11.9. The number of nitrogens with two attached hydrogens (primary N) is 1. The van der Waals surface area contributed by atoms with E-state index in [4.69, 9.17) is 10.5 Å². The standard InChI is InChI=1S/C17H20N2O2/c1-11-6-12(2)8-15(7-11)21-10-17(20)19-16-9-14(18)5-4-13(16)3/h4-9H,10,18H2,1-3H3,(H,19,20). The van der Waals surface area contributed by atoms with Crippen LogP contribution in [0.15, 0.2) is 36.4 Å². The molecule has 0 aliphatic carbocycles. The van der Waals surface area contributed by atoms with Crippen LogP contribution < -0.4 is 15.8 Å². The summed E-state index contributed by atoms with van der Waals surface area (Å²) in [5.41, 5.74) is 10.2. The number of carbonyl (C=O) groups excluding carboxylic acids is 1. The molecule has 4 heteroatoms. The molecule has 21 heavy (non-hydrogen) atoms. The molecule has 0 spiro atoms. The van der Waals surface area contributed by atoms with Crippen molar-refractivity contribution in [3.05, 3.63) is 53.1 Å². The monoisotopic (exact) mass is 284 g/mol. The molecule has 3 N–H and O–H groups in total. The maximum absolute atomic E-state index is 11.9. The predicted octanol–water partition coefficient (Wildman–Crippen LogP) is 3.21. The number of hydrogen-bond acceptors (Lipinski definition) is 3. The van der Waals surface area contributed by atoms with Gasteiger partial charge in [-0.3, -0.25) is 4.79 Å². The molecule has 0 radical (unpaired) electrons. The zero-order chi connectivity index (χ0) is 15.4. The molecular formula is C17H20N2O2. The van der Waals surface area contributed by atoms with Crippen molar-refractivity contribution in [2.24, 2.45) is 0 Å². The van der Waals surface area contributed by atoms with Gasteiger partial charge in [-0.2, -0.15) is 0 Å². The molecule has 0 aliphatic heterocycles. The number of nitrogen functional groups attached to an aromatic ring is 1. The molecule has 1 amide bonds. The molecule has 0 fully saturated rings. The lowest BCUT2D eigenvalue weighted by molar-refractivity contribution is -0.118. The van der Waals surface area contributed by atoms with Crippen LogP contribution in [0.4, 0.5) is 11.4 Å². The van der Waals surface area contributed by atoms with Crippen molar-refractivity contribution in [2.45, 2.75) is 20.8 Å². The van der Waals surface area contributed by atoms with Crippen molar-refractivity contribution in [3.63, 3.8) is 0 Å². The summed E-state index contributed by atoms with van der Waals surface area (Å²) in [4.78, 5) is 11.9. The van der Waals surface area contributed by atoms with Crippen LogP contribution in [0, 0.1) is 20.8 Å². The first-order valence-electron chi connectivity index (χ1n) is 6.81. The topological polar surface area (TPSA) is 64.3 Å². The molecule has 4 nitrogen and oxygen atoms in total. The van der Waals surface area contributed by atoms with Gasteiger partial charge >= 0.3 is 0 Å². The van der Waals surface area contributed by atoms with Gasteiger partial charge in [0.1, 0.15) is 5.75 Å². The number of benzene rings is 2. The third-order valence-electron chi connectivity index (χ3n) is 3.10.